The smallest absolute Gasteiger partial charge is 0.407 e. The second kappa shape index (κ2) is 10.1. The van der Waals surface area contributed by atoms with Crippen LogP contribution in [0.5, 0.6) is 0 Å². The van der Waals surface area contributed by atoms with E-state index in [4.69, 9.17) is 4.74 Å². The zero-order chi connectivity index (χ0) is 19.7. The Morgan fingerprint density at radius 1 is 1.19 bits per heavy atom. The molecule has 7 heteroatoms. The zero-order valence-corrected chi connectivity index (χ0v) is 15.9. The van der Waals surface area contributed by atoms with Crippen molar-refractivity contribution in [3.8, 4) is 0 Å². The summed E-state index contributed by atoms with van der Waals surface area (Å²) < 4.78 is 5.25. The van der Waals surface area contributed by atoms with Crippen molar-refractivity contribution >= 4 is 12.1 Å². The molecule has 0 saturated heterocycles. The van der Waals surface area contributed by atoms with Crippen molar-refractivity contribution in [3.63, 3.8) is 0 Å². The van der Waals surface area contributed by atoms with Crippen LogP contribution in [-0.2, 0) is 16.0 Å². The molecule has 0 heterocycles. The minimum Gasteiger partial charge on any atom is -0.480 e. The Kier molecular flexibility index (Phi) is 8.54. The van der Waals surface area contributed by atoms with Gasteiger partial charge >= 0.3 is 12.1 Å². The molecule has 0 fully saturated rings. The largest absolute Gasteiger partial charge is 0.480 e. The average Bonchev–Trinajstić information content (AvgIpc) is 2.53. The predicted molar refractivity (Wildman–Crippen MR) is 99.0 cm³/mol. The van der Waals surface area contributed by atoms with E-state index in [0.29, 0.717) is 6.54 Å². The van der Waals surface area contributed by atoms with E-state index in [2.05, 4.69) is 10.6 Å². The summed E-state index contributed by atoms with van der Waals surface area (Å²) in [6.07, 6.45) is -1.03. The zero-order valence-electron chi connectivity index (χ0n) is 15.9. The molecule has 0 radical (unpaired) electrons. The Morgan fingerprint density at radius 3 is 2.31 bits per heavy atom. The molecule has 3 unspecified atom stereocenters. The fourth-order valence-corrected chi connectivity index (χ4v) is 2.47. The minimum absolute atomic E-state index is 0.277. The molecule has 1 aromatic rings. The first kappa shape index (κ1) is 21.9. The number of hydrogen-bond donors (Lipinski definition) is 4. The second-order valence-electron chi connectivity index (χ2n) is 7.20. The number of aliphatic hydroxyl groups excluding tert-OH is 1. The number of rotatable bonds is 9. The summed E-state index contributed by atoms with van der Waals surface area (Å²) in [5.74, 6) is -1.17. The summed E-state index contributed by atoms with van der Waals surface area (Å²) in [5, 5.41) is 25.5. The monoisotopic (exact) mass is 366 g/mol. The van der Waals surface area contributed by atoms with Gasteiger partial charge in [0.25, 0.3) is 0 Å². The third kappa shape index (κ3) is 7.84. The van der Waals surface area contributed by atoms with Gasteiger partial charge in [-0.1, -0.05) is 37.3 Å². The van der Waals surface area contributed by atoms with E-state index >= 15 is 0 Å². The number of aliphatic carboxylic acids is 1. The van der Waals surface area contributed by atoms with E-state index < -0.39 is 35.9 Å². The first-order valence-corrected chi connectivity index (χ1v) is 8.81. The number of carbonyl (C=O) groups excluding carboxylic acids is 1. The topological polar surface area (TPSA) is 108 Å². The molecule has 0 aliphatic heterocycles. The quantitative estimate of drug-likeness (QED) is 0.532. The van der Waals surface area contributed by atoms with Crippen LogP contribution in [0.15, 0.2) is 30.3 Å². The summed E-state index contributed by atoms with van der Waals surface area (Å²) in [5.41, 5.74) is 0.172. The molecule has 1 amide bonds. The lowest BCUT2D eigenvalue weighted by molar-refractivity contribution is -0.143. The Bertz CT molecular complexity index is 571. The lowest BCUT2D eigenvalue weighted by Crippen LogP contribution is -2.57. The van der Waals surface area contributed by atoms with E-state index in [-0.39, 0.29) is 6.42 Å². The van der Waals surface area contributed by atoms with Crippen LogP contribution in [-0.4, -0.2) is 52.6 Å². The van der Waals surface area contributed by atoms with Crippen LogP contribution in [0.4, 0.5) is 4.79 Å². The second-order valence-corrected chi connectivity index (χ2v) is 7.20. The number of amides is 1. The Labute approximate surface area is 154 Å². The van der Waals surface area contributed by atoms with Gasteiger partial charge in [0.05, 0.1) is 6.04 Å². The first-order chi connectivity index (χ1) is 12.1. The van der Waals surface area contributed by atoms with Crippen LogP contribution < -0.4 is 10.6 Å². The number of aliphatic hydroxyl groups is 1. The summed E-state index contributed by atoms with van der Waals surface area (Å²) in [4.78, 5) is 23.7. The lowest BCUT2D eigenvalue weighted by atomic mass is 9.96. The molecule has 1 rings (SSSR count). The molecule has 4 N–H and O–H groups in total. The number of benzene rings is 1. The van der Waals surface area contributed by atoms with Gasteiger partial charge in [-0.2, -0.15) is 0 Å². The van der Waals surface area contributed by atoms with Crippen LogP contribution in [0, 0.1) is 0 Å². The third-order valence-electron chi connectivity index (χ3n) is 3.63. The van der Waals surface area contributed by atoms with Gasteiger partial charge in [0.1, 0.15) is 17.7 Å². The summed E-state index contributed by atoms with van der Waals surface area (Å²) in [7, 11) is 0. The number of alkyl carbamates (subject to hydrolysis) is 1. The van der Waals surface area contributed by atoms with Crippen LogP contribution in [0.1, 0.15) is 39.7 Å². The van der Waals surface area contributed by atoms with E-state index in [1.807, 2.05) is 37.3 Å². The van der Waals surface area contributed by atoms with Gasteiger partial charge in [0.15, 0.2) is 0 Å². The van der Waals surface area contributed by atoms with E-state index in [9.17, 15) is 19.8 Å². The lowest BCUT2D eigenvalue weighted by Gasteiger charge is -2.30. The fraction of sp³-hybridized carbons (Fsp3) is 0.579. The number of nitrogens with one attached hydrogen (secondary N) is 2. The van der Waals surface area contributed by atoms with E-state index in [1.165, 1.54) is 0 Å². The van der Waals surface area contributed by atoms with Crippen molar-refractivity contribution in [1.82, 2.24) is 10.6 Å². The van der Waals surface area contributed by atoms with Crippen LogP contribution in [0.3, 0.4) is 0 Å². The Hall–Kier alpha value is -2.12. The number of carboxylic acid groups (broad SMARTS) is 1. The number of ether oxygens (including phenoxy) is 1. The third-order valence-corrected chi connectivity index (χ3v) is 3.63. The van der Waals surface area contributed by atoms with Crippen molar-refractivity contribution in [2.45, 2.75) is 64.3 Å². The fourth-order valence-electron chi connectivity index (χ4n) is 2.47. The maximum absolute atomic E-state index is 12.2. The standard InChI is InChI=1S/C19H30N2O5/c1-5-11-20-15(17(23)24)16(22)14(12-13-9-7-6-8-10-13)21-18(25)26-19(2,3)4/h6-10,14-16,20,22H,5,11-12H2,1-4H3,(H,21,25)(H,23,24). The highest BCUT2D eigenvalue weighted by atomic mass is 16.6. The maximum atomic E-state index is 12.2. The maximum Gasteiger partial charge on any atom is 0.407 e. The van der Waals surface area contributed by atoms with Crippen molar-refractivity contribution in [2.75, 3.05) is 6.54 Å². The number of carbonyl (C=O) groups is 2. The van der Waals surface area contributed by atoms with Crippen molar-refractivity contribution in [1.29, 1.82) is 0 Å². The van der Waals surface area contributed by atoms with Gasteiger partial charge in [-0.05, 0) is 45.7 Å². The number of hydrogen-bond acceptors (Lipinski definition) is 5. The molecule has 0 spiro atoms. The van der Waals surface area contributed by atoms with Crippen LogP contribution in [0.2, 0.25) is 0 Å². The normalized spacial score (nSPS) is 15.0. The van der Waals surface area contributed by atoms with Crippen molar-refractivity contribution in [2.24, 2.45) is 0 Å². The Balaban J connectivity index is 2.97. The highest BCUT2D eigenvalue weighted by Crippen LogP contribution is 2.12. The Morgan fingerprint density at radius 2 is 1.81 bits per heavy atom. The molecule has 146 valence electrons. The molecule has 26 heavy (non-hydrogen) atoms. The molecule has 3 atom stereocenters. The van der Waals surface area contributed by atoms with Gasteiger partial charge in [0.2, 0.25) is 0 Å². The SMILES string of the molecule is CCCNC(C(=O)O)C(O)C(Cc1ccccc1)NC(=O)OC(C)(C)C. The molecule has 7 nitrogen and oxygen atoms in total. The minimum atomic E-state index is -1.33. The molecular formula is C19H30N2O5. The summed E-state index contributed by atoms with van der Waals surface area (Å²) in [6, 6.07) is 7.24. The summed E-state index contributed by atoms with van der Waals surface area (Å²) in [6.45, 7) is 7.55. The number of carboxylic acids is 1. The summed E-state index contributed by atoms with van der Waals surface area (Å²) >= 11 is 0. The molecule has 1 aromatic carbocycles. The molecule has 0 aliphatic carbocycles. The van der Waals surface area contributed by atoms with E-state index in [1.54, 1.807) is 20.8 Å². The van der Waals surface area contributed by atoms with Crippen molar-refractivity contribution in [3.05, 3.63) is 35.9 Å². The molecule has 0 bridgehead atoms. The van der Waals surface area contributed by atoms with Gasteiger partial charge in [-0.25, -0.2) is 4.79 Å². The average molecular weight is 366 g/mol. The van der Waals surface area contributed by atoms with E-state index in [0.717, 1.165) is 12.0 Å². The van der Waals surface area contributed by atoms with Gasteiger partial charge in [0, 0.05) is 0 Å². The molecule has 0 aliphatic rings. The molecular weight excluding hydrogens is 336 g/mol. The molecule has 0 saturated carbocycles. The first-order valence-electron chi connectivity index (χ1n) is 8.81. The predicted octanol–water partition coefficient (Wildman–Crippen LogP) is 1.94. The highest BCUT2D eigenvalue weighted by Gasteiger charge is 2.34. The van der Waals surface area contributed by atoms with Crippen molar-refractivity contribution < 1.29 is 24.5 Å². The van der Waals surface area contributed by atoms with Crippen LogP contribution in [0.25, 0.3) is 0 Å². The van der Waals surface area contributed by atoms with Gasteiger partial charge < -0.3 is 25.6 Å². The van der Waals surface area contributed by atoms with Crippen LogP contribution >= 0.6 is 0 Å². The molecule has 0 aromatic heterocycles. The van der Waals surface area contributed by atoms with Gasteiger partial charge in [-0.15, -0.1) is 0 Å². The highest BCUT2D eigenvalue weighted by molar-refractivity contribution is 5.75. The van der Waals surface area contributed by atoms with Gasteiger partial charge in [-0.3, -0.25) is 4.79 Å².